The summed E-state index contributed by atoms with van der Waals surface area (Å²) in [4.78, 5) is 38.2. The van der Waals surface area contributed by atoms with E-state index in [-0.39, 0.29) is 17.7 Å². The van der Waals surface area contributed by atoms with Gasteiger partial charge in [-0.1, -0.05) is 40.2 Å². The van der Waals surface area contributed by atoms with E-state index in [2.05, 4.69) is 15.9 Å². The number of amides is 2. The smallest absolute Gasteiger partial charge is 0.337 e. The molecule has 0 saturated carbocycles. The highest BCUT2D eigenvalue weighted by atomic mass is 79.9. The zero-order valence-corrected chi connectivity index (χ0v) is 18.7. The van der Waals surface area contributed by atoms with Gasteiger partial charge in [0.05, 0.1) is 24.1 Å². The highest BCUT2D eigenvalue weighted by molar-refractivity contribution is 9.10. The van der Waals surface area contributed by atoms with Crippen molar-refractivity contribution in [3.8, 4) is 11.3 Å². The maximum Gasteiger partial charge on any atom is 0.337 e. The number of carbonyl (C=O) groups excluding carboxylic acids is 3. The lowest BCUT2D eigenvalue weighted by atomic mass is 10.1. The molecule has 1 aliphatic heterocycles. The van der Waals surface area contributed by atoms with Gasteiger partial charge in [0.1, 0.15) is 11.5 Å². The topological polar surface area (TPSA) is 76.8 Å². The molecule has 0 bridgehead atoms. The fourth-order valence-electron chi connectivity index (χ4n) is 3.06. The van der Waals surface area contributed by atoms with Crippen molar-refractivity contribution < 1.29 is 23.5 Å². The Morgan fingerprint density at radius 2 is 1.90 bits per heavy atom. The predicted molar refractivity (Wildman–Crippen MR) is 121 cm³/mol. The van der Waals surface area contributed by atoms with Crippen molar-refractivity contribution in [2.24, 2.45) is 0 Å². The van der Waals surface area contributed by atoms with Crippen molar-refractivity contribution >= 4 is 50.9 Å². The number of hydrogen-bond donors (Lipinski definition) is 0. The minimum atomic E-state index is -0.412. The summed E-state index contributed by atoms with van der Waals surface area (Å²) < 4.78 is 11.4. The van der Waals surface area contributed by atoms with Crippen LogP contribution in [0.1, 0.15) is 21.7 Å². The van der Waals surface area contributed by atoms with E-state index in [0.29, 0.717) is 22.0 Å². The van der Waals surface area contributed by atoms with E-state index < -0.39 is 5.97 Å². The van der Waals surface area contributed by atoms with Gasteiger partial charge in [-0.25, -0.2) is 4.79 Å². The molecule has 1 fully saturated rings. The number of carbonyl (C=O) groups is 3. The molecule has 2 amide bonds. The summed E-state index contributed by atoms with van der Waals surface area (Å²) in [6.45, 7) is 0.206. The lowest BCUT2D eigenvalue weighted by Crippen LogP contribution is -2.27. The van der Waals surface area contributed by atoms with Crippen LogP contribution in [0, 0.1) is 0 Å². The molecule has 2 heterocycles. The van der Waals surface area contributed by atoms with E-state index in [1.54, 1.807) is 42.5 Å². The second kappa shape index (κ2) is 8.95. The van der Waals surface area contributed by atoms with Gasteiger partial charge in [-0.2, -0.15) is 0 Å². The van der Waals surface area contributed by atoms with Crippen molar-refractivity contribution in [2.45, 2.75) is 6.54 Å². The van der Waals surface area contributed by atoms with Gasteiger partial charge in [-0.05, 0) is 53.7 Å². The lowest BCUT2D eigenvalue weighted by Gasteiger charge is -2.12. The van der Waals surface area contributed by atoms with Crippen molar-refractivity contribution in [3.05, 3.63) is 86.9 Å². The number of hydrogen-bond acceptors (Lipinski definition) is 6. The number of benzene rings is 2. The van der Waals surface area contributed by atoms with E-state index in [0.717, 1.165) is 27.4 Å². The third-order valence-electron chi connectivity index (χ3n) is 4.59. The van der Waals surface area contributed by atoms with Crippen LogP contribution in [-0.2, 0) is 16.1 Å². The van der Waals surface area contributed by atoms with Crippen molar-refractivity contribution in [2.75, 3.05) is 7.11 Å². The van der Waals surface area contributed by atoms with Gasteiger partial charge >= 0.3 is 5.97 Å². The van der Waals surface area contributed by atoms with Crippen LogP contribution in [0.3, 0.4) is 0 Å². The number of ether oxygens (including phenoxy) is 1. The molecule has 2 aromatic carbocycles. The lowest BCUT2D eigenvalue weighted by molar-refractivity contribution is -0.123. The van der Waals surface area contributed by atoms with E-state index in [1.807, 2.05) is 24.3 Å². The number of esters is 1. The summed E-state index contributed by atoms with van der Waals surface area (Å²) in [5.74, 6) is 0.275. The Bertz CT molecular complexity index is 1200. The normalized spacial score (nSPS) is 15.0. The maximum absolute atomic E-state index is 12.7. The molecule has 31 heavy (non-hydrogen) atoms. The molecule has 6 nitrogen and oxygen atoms in total. The van der Waals surface area contributed by atoms with Gasteiger partial charge < -0.3 is 9.15 Å². The molecule has 1 aromatic heterocycles. The average Bonchev–Trinajstić information content (AvgIpc) is 3.34. The average molecular weight is 498 g/mol. The number of halogens is 1. The summed E-state index contributed by atoms with van der Waals surface area (Å²) in [5, 5.41) is -0.318. The first-order chi connectivity index (χ1) is 14.9. The van der Waals surface area contributed by atoms with E-state index in [4.69, 9.17) is 9.15 Å². The Labute approximate surface area is 191 Å². The Morgan fingerprint density at radius 3 is 2.61 bits per heavy atom. The highest BCUT2D eigenvalue weighted by Gasteiger charge is 2.35. The molecule has 3 aromatic rings. The minimum absolute atomic E-state index is 0.206. The summed E-state index contributed by atoms with van der Waals surface area (Å²) in [7, 11) is 1.33. The molecule has 156 valence electrons. The number of nitrogens with zero attached hydrogens (tertiary/aromatic N) is 1. The first-order valence-electron chi connectivity index (χ1n) is 9.23. The SMILES string of the molecule is COC(=O)c1ccc(-c2ccc(/C=C3/SC(=O)N(Cc4cccc(Br)c4)C3=O)o2)cc1. The number of rotatable bonds is 5. The Hall–Kier alpha value is -3.10. The van der Waals surface area contributed by atoms with Crippen LogP contribution in [0.5, 0.6) is 0 Å². The summed E-state index contributed by atoms with van der Waals surface area (Å²) in [6, 6.07) is 17.8. The fourth-order valence-corrected chi connectivity index (χ4v) is 4.32. The molecule has 0 atom stereocenters. The second-order valence-corrected chi connectivity index (χ2v) is 8.58. The summed E-state index contributed by atoms with van der Waals surface area (Å²) in [5.41, 5.74) is 2.07. The van der Waals surface area contributed by atoms with Gasteiger partial charge in [0.2, 0.25) is 0 Å². The molecular weight excluding hydrogens is 482 g/mol. The molecule has 0 aliphatic carbocycles. The maximum atomic E-state index is 12.7. The first kappa shape index (κ1) is 21.1. The molecule has 4 rings (SSSR count). The minimum Gasteiger partial charge on any atom is -0.465 e. The Morgan fingerprint density at radius 1 is 1.13 bits per heavy atom. The molecule has 1 aliphatic rings. The monoisotopic (exact) mass is 497 g/mol. The van der Waals surface area contributed by atoms with Crippen LogP contribution in [0.2, 0.25) is 0 Å². The second-order valence-electron chi connectivity index (χ2n) is 6.67. The van der Waals surface area contributed by atoms with Crippen LogP contribution in [-0.4, -0.2) is 29.1 Å². The predicted octanol–water partition coefficient (Wildman–Crippen LogP) is 5.73. The van der Waals surface area contributed by atoms with Gasteiger partial charge in [0.15, 0.2) is 0 Å². The quantitative estimate of drug-likeness (QED) is 0.330. The van der Waals surface area contributed by atoms with Gasteiger partial charge in [0.25, 0.3) is 11.1 Å². The van der Waals surface area contributed by atoms with Crippen LogP contribution in [0.4, 0.5) is 4.79 Å². The van der Waals surface area contributed by atoms with Gasteiger partial charge in [-0.15, -0.1) is 0 Å². The van der Waals surface area contributed by atoms with E-state index >= 15 is 0 Å². The summed E-state index contributed by atoms with van der Waals surface area (Å²) >= 11 is 4.28. The largest absolute Gasteiger partial charge is 0.465 e. The van der Waals surface area contributed by atoms with Crippen LogP contribution < -0.4 is 0 Å². The van der Waals surface area contributed by atoms with E-state index in [9.17, 15) is 14.4 Å². The zero-order valence-electron chi connectivity index (χ0n) is 16.3. The zero-order chi connectivity index (χ0) is 22.0. The molecule has 8 heteroatoms. The third kappa shape index (κ3) is 4.65. The van der Waals surface area contributed by atoms with Gasteiger partial charge in [0, 0.05) is 16.1 Å². The fraction of sp³-hybridized carbons (Fsp3) is 0.0870. The molecule has 1 saturated heterocycles. The molecule has 0 radical (unpaired) electrons. The highest BCUT2D eigenvalue weighted by Crippen LogP contribution is 2.34. The number of methoxy groups -OCH3 is 1. The Balaban J connectivity index is 1.50. The van der Waals surface area contributed by atoms with Crippen molar-refractivity contribution in [3.63, 3.8) is 0 Å². The van der Waals surface area contributed by atoms with Crippen LogP contribution >= 0.6 is 27.7 Å². The van der Waals surface area contributed by atoms with Crippen LogP contribution in [0.15, 0.2) is 74.5 Å². The molecule has 0 N–H and O–H groups in total. The number of imide groups is 1. The molecule has 0 spiro atoms. The van der Waals surface area contributed by atoms with Gasteiger partial charge in [-0.3, -0.25) is 14.5 Å². The number of thioether (sulfide) groups is 1. The van der Waals surface area contributed by atoms with E-state index in [1.165, 1.54) is 12.0 Å². The van der Waals surface area contributed by atoms with Crippen LogP contribution in [0.25, 0.3) is 17.4 Å². The molecular formula is C23H16BrNO5S. The van der Waals surface area contributed by atoms with Crippen molar-refractivity contribution in [1.82, 2.24) is 4.90 Å². The molecule has 0 unspecified atom stereocenters. The van der Waals surface area contributed by atoms with Crippen molar-refractivity contribution in [1.29, 1.82) is 0 Å². The first-order valence-corrected chi connectivity index (χ1v) is 10.8. The Kier molecular flexibility index (Phi) is 6.11. The standard InChI is InChI=1S/C23H16BrNO5S/c1-29-22(27)16-7-5-15(6-8-16)19-10-9-18(30-19)12-20-21(26)25(23(28)31-20)13-14-3-2-4-17(24)11-14/h2-12H,13H2,1H3/b20-12+. The number of furan rings is 1. The summed E-state index contributed by atoms with van der Waals surface area (Å²) in [6.07, 6.45) is 1.57. The third-order valence-corrected chi connectivity index (χ3v) is 5.99.